The van der Waals surface area contributed by atoms with Gasteiger partial charge in [-0.15, -0.1) is 0 Å². The molecule has 8 nitrogen and oxygen atoms in total. The van der Waals surface area contributed by atoms with Crippen molar-refractivity contribution in [1.29, 1.82) is 0 Å². The maximum atomic E-state index is 13.2. The number of ether oxygens (including phenoxy) is 1. The molecule has 0 unspecified atom stereocenters. The number of anilines is 1. The van der Waals surface area contributed by atoms with E-state index in [1.807, 2.05) is 32.0 Å². The Labute approximate surface area is 212 Å². The molecule has 2 heterocycles. The molecule has 0 N–H and O–H groups in total. The fourth-order valence-corrected chi connectivity index (χ4v) is 4.65. The largest absolute Gasteiger partial charge is 0.462 e. The molecule has 0 spiro atoms. The summed E-state index contributed by atoms with van der Waals surface area (Å²) in [4.78, 5) is 41.9. The van der Waals surface area contributed by atoms with E-state index in [9.17, 15) is 14.4 Å². The average Bonchev–Trinajstić information content (AvgIpc) is 3.12. The summed E-state index contributed by atoms with van der Waals surface area (Å²) >= 11 is 12.5. The molecule has 0 fully saturated rings. The number of hydrogen-bond donors (Lipinski definition) is 0. The van der Waals surface area contributed by atoms with E-state index in [4.69, 9.17) is 27.9 Å². The standard InChI is InChI=1S/C25H26Cl2N4O4/c1-4-30-20-11-10-17(12-21(20)31(5-2)25(30)34)28-14-18(24(33)35-6-3)23(32)29(15-28)13-16-8-7-9-19(26)22(16)27/h7-12,14H,4-6,13,15H2,1-3H3. The van der Waals surface area contributed by atoms with Gasteiger partial charge < -0.3 is 14.5 Å². The molecule has 0 saturated heterocycles. The lowest BCUT2D eigenvalue weighted by molar-refractivity contribution is -0.142. The van der Waals surface area contributed by atoms with Crippen LogP contribution in [0.2, 0.25) is 10.0 Å². The van der Waals surface area contributed by atoms with E-state index in [-0.39, 0.29) is 31.1 Å². The fourth-order valence-electron chi connectivity index (χ4n) is 4.27. The highest BCUT2D eigenvalue weighted by atomic mass is 35.5. The van der Waals surface area contributed by atoms with Gasteiger partial charge in [0.05, 0.1) is 34.4 Å². The Balaban J connectivity index is 1.78. The highest BCUT2D eigenvalue weighted by molar-refractivity contribution is 6.42. The second kappa shape index (κ2) is 10.2. The van der Waals surface area contributed by atoms with Gasteiger partial charge in [0.25, 0.3) is 5.91 Å². The summed E-state index contributed by atoms with van der Waals surface area (Å²) in [7, 11) is 0. The zero-order valence-corrected chi connectivity index (χ0v) is 21.3. The Kier molecular flexibility index (Phi) is 7.23. The Morgan fingerprint density at radius 2 is 1.71 bits per heavy atom. The number of imidazole rings is 1. The predicted octanol–water partition coefficient (Wildman–Crippen LogP) is 4.40. The molecular weight excluding hydrogens is 491 g/mol. The number of aromatic nitrogens is 2. The van der Waals surface area contributed by atoms with Crippen LogP contribution >= 0.6 is 23.2 Å². The number of nitrogens with zero attached hydrogens (tertiary/aromatic N) is 4. The van der Waals surface area contributed by atoms with E-state index in [2.05, 4.69) is 0 Å². The lowest BCUT2D eigenvalue weighted by Crippen LogP contribution is -2.46. The Hall–Kier alpha value is -3.23. The first-order valence-corrected chi connectivity index (χ1v) is 12.2. The SMILES string of the molecule is CCOC(=O)C1=CN(c2ccc3c(c2)n(CC)c(=O)n3CC)CN(Cc2cccc(Cl)c2Cl)C1=O. The number of amides is 1. The van der Waals surface area contributed by atoms with E-state index < -0.39 is 11.9 Å². The van der Waals surface area contributed by atoms with Gasteiger partial charge in [0.1, 0.15) is 5.57 Å². The number of halogens is 2. The second-order valence-corrected chi connectivity index (χ2v) is 8.82. The van der Waals surface area contributed by atoms with Gasteiger partial charge in [-0.3, -0.25) is 13.9 Å². The lowest BCUT2D eigenvalue weighted by atomic mass is 10.1. The molecule has 10 heteroatoms. The van der Waals surface area contributed by atoms with Crippen LogP contribution in [0.1, 0.15) is 26.3 Å². The number of carbonyl (C=O) groups is 2. The molecule has 2 aromatic carbocycles. The number of rotatable bonds is 7. The molecule has 3 aromatic rings. The number of hydrogen-bond acceptors (Lipinski definition) is 5. The summed E-state index contributed by atoms with van der Waals surface area (Å²) in [5, 5.41) is 0.741. The van der Waals surface area contributed by atoms with Crippen molar-refractivity contribution in [3.8, 4) is 0 Å². The van der Waals surface area contributed by atoms with Crippen molar-refractivity contribution in [1.82, 2.24) is 14.0 Å². The third kappa shape index (κ3) is 4.56. The van der Waals surface area contributed by atoms with Crippen LogP contribution in [-0.4, -0.2) is 39.2 Å². The molecule has 35 heavy (non-hydrogen) atoms. The minimum Gasteiger partial charge on any atom is -0.462 e. The molecule has 1 aliphatic heterocycles. The predicted molar refractivity (Wildman–Crippen MR) is 137 cm³/mol. The highest BCUT2D eigenvalue weighted by Gasteiger charge is 2.32. The monoisotopic (exact) mass is 516 g/mol. The molecule has 0 bridgehead atoms. The van der Waals surface area contributed by atoms with E-state index in [1.54, 1.807) is 39.2 Å². The number of esters is 1. The zero-order valence-electron chi connectivity index (χ0n) is 19.8. The van der Waals surface area contributed by atoms with Crippen molar-refractivity contribution in [3.63, 3.8) is 0 Å². The summed E-state index contributed by atoms with van der Waals surface area (Å²) in [6.45, 7) is 7.07. The molecule has 184 valence electrons. The number of aryl methyl sites for hydroxylation is 2. The van der Waals surface area contributed by atoms with Crippen LogP contribution in [0.15, 0.2) is 53.0 Å². The quantitative estimate of drug-likeness (QED) is 0.343. The minimum atomic E-state index is -0.701. The van der Waals surface area contributed by atoms with Gasteiger partial charge in [-0.05, 0) is 50.6 Å². The van der Waals surface area contributed by atoms with Crippen LogP contribution in [0.4, 0.5) is 5.69 Å². The summed E-state index contributed by atoms with van der Waals surface area (Å²) in [6, 6.07) is 10.9. The van der Waals surface area contributed by atoms with Crippen LogP contribution in [0.3, 0.4) is 0 Å². The number of carbonyl (C=O) groups excluding carboxylic acids is 2. The molecule has 0 aliphatic carbocycles. The van der Waals surface area contributed by atoms with Gasteiger partial charge in [0.2, 0.25) is 0 Å². The molecule has 1 aromatic heterocycles. The van der Waals surface area contributed by atoms with Crippen molar-refractivity contribution in [3.05, 3.63) is 74.3 Å². The number of benzene rings is 2. The molecule has 0 atom stereocenters. The van der Waals surface area contributed by atoms with E-state index in [0.29, 0.717) is 28.7 Å². The maximum Gasteiger partial charge on any atom is 0.345 e. The van der Waals surface area contributed by atoms with Crippen molar-refractivity contribution >= 4 is 51.8 Å². The van der Waals surface area contributed by atoms with Crippen LogP contribution in [0, 0.1) is 0 Å². The summed E-state index contributed by atoms with van der Waals surface area (Å²) in [5.41, 5.74) is 2.83. The van der Waals surface area contributed by atoms with E-state index >= 15 is 0 Å². The van der Waals surface area contributed by atoms with Crippen molar-refractivity contribution in [2.45, 2.75) is 40.4 Å². The Bertz CT molecular complexity index is 1390. The van der Waals surface area contributed by atoms with E-state index in [0.717, 1.165) is 16.7 Å². The third-order valence-corrected chi connectivity index (χ3v) is 6.84. The smallest absolute Gasteiger partial charge is 0.345 e. The van der Waals surface area contributed by atoms with Gasteiger partial charge in [-0.2, -0.15) is 0 Å². The van der Waals surface area contributed by atoms with Gasteiger partial charge >= 0.3 is 11.7 Å². The van der Waals surface area contributed by atoms with E-state index in [1.165, 1.54) is 11.1 Å². The summed E-state index contributed by atoms with van der Waals surface area (Å²) in [6.07, 6.45) is 1.50. The fraction of sp³-hybridized carbons (Fsp3) is 0.320. The first kappa shape index (κ1) is 24.9. The van der Waals surface area contributed by atoms with Crippen molar-refractivity contribution in [2.24, 2.45) is 0 Å². The van der Waals surface area contributed by atoms with Gasteiger partial charge in [0, 0.05) is 31.5 Å². The van der Waals surface area contributed by atoms with Crippen LogP contribution < -0.4 is 10.6 Å². The number of fused-ring (bicyclic) bond motifs is 1. The molecule has 0 radical (unpaired) electrons. The minimum absolute atomic E-state index is 0.0732. The van der Waals surface area contributed by atoms with Gasteiger partial charge in [-0.25, -0.2) is 9.59 Å². The zero-order chi connectivity index (χ0) is 25.3. The van der Waals surface area contributed by atoms with Gasteiger partial charge in [0.15, 0.2) is 0 Å². The Morgan fingerprint density at radius 1 is 1.00 bits per heavy atom. The van der Waals surface area contributed by atoms with Crippen LogP contribution in [0.25, 0.3) is 11.0 Å². The normalized spacial score (nSPS) is 14.0. The summed E-state index contributed by atoms with van der Waals surface area (Å²) < 4.78 is 8.56. The summed E-state index contributed by atoms with van der Waals surface area (Å²) in [5.74, 6) is -1.16. The van der Waals surface area contributed by atoms with Gasteiger partial charge in [-0.1, -0.05) is 35.3 Å². The molecule has 1 amide bonds. The van der Waals surface area contributed by atoms with Crippen molar-refractivity contribution < 1.29 is 14.3 Å². The third-order valence-electron chi connectivity index (χ3n) is 5.98. The lowest BCUT2D eigenvalue weighted by Gasteiger charge is -2.35. The second-order valence-electron chi connectivity index (χ2n) is 8.03. The van der Waals surface area contributed by atoms with Crippen molar-refractivity contribution in [2.75, 3.05) is 18.2 Å². The molecular formula is C25H26Cl2N4O4. The first-order chi connectivity index (χ1) is 16.8. The maximum absolute atomic E-state index is 13.2. The van der Waals surface area contributed by atoms with Crippen LogP contribution in [0.5, 0.6) is 0 Å². The molecule has 1 aliphatic rings. The first-order valence-electron chi connectivity index (χ1n) is 11.4. The Morgan fingerprint density at radius 3 is 2.40 bits per heavy atom. The van der Waals surface area contributed by atoms with Crippen LogP contribution in [-0.2, 0) is 34.0 Å². The molecule has 4 rings (SSSR count). The topological polar surface area (TPSA) is 76.8 Å². The highest BCUT2D eigenvalue weighted by Crippen LogP contribution is 2.30. The average molecular weight is 517 g/mol. The molecule has 0 saturated carbocycles.